The summed E-state index contributed by atoms with van der Waals surface area (Å²) in [6.07, 6.45) is 6.28. The van der Waals surface area contributed by atoms with Gasteiger partial charge in [0.25, 0.3) is 0 Å². The number of nitrogens with zero attached hydrogens (tertiary/aromatic N) is 3. The molecule has 1 atom stereocenters. The molecule has 0 saturated carbocycles. The van der Waals surface area contributed by atoms with E-state index in [0.717, 1.165) is 9.88 Å². The summed E-state index contributed by atoms with van der Waals surface area (Å²) in [5, 5.41) is 0.420. The van der Waals surface area contributed by atoms with E-state index >= 15 is 0 Å². The van der Waals surface area contributed by atoms with Gasteiger partial charge in [0, 0.05) is 43.3 Å². The van der Waals surface area contributed by atoms with E-state index in [4.69, 9.17) is 4.74 Å². The molecule has 9 heteroatoms. The average Bonchev–Trinajstić information content (AvgIpc) is 3.06. The van der Waals surface area contributed by atoms with Gasteiger partial charge in [-0.05, 0) is 25.8 Å². The Morgan fingerprint density at radius 3 is 2.80 bits per heavy atom. The van der Waals surface area contributed by atoms with Crippen molar-refractivity contribution in [3.05, 3.63) is 22.2 Å². The molecular formula is C16H23N3O4S2. The van der Waals surface area contributed by atoms with Gasteiger partial charge < -0.3 is 9.64 Å². The summed E-state index contributed by atoms with van der Waals surface area (Å²) >= 11 is 1.52. The molecule has 1 amide bonds. The Labute approximate surface area is 152 Å². The fraction of sp³-hybridized carbons (Fsp3) is 0.625. The van der Waals surface area contributed by atoms with Gasteiger partial charge in [0.1, 0.15) is 0 Å². The summed E-state index contributed by atoms with van der Waals surface area (Å²) in [4.78, 5) is 19.1. The zero-order valence-corrected chi connectivity index (χ0v) is 15.9. The highest BCUT2D eigenvalue weighted by Gasteiger charge is 2.36. The molecule has 0 aromatic carbocycles. The molecule has 2 saturated heterocycles. The lowest BCUT2D eigenvalue weighted by molar-refractivity contribution is -0.126. The smallest absolute Gasteiger partial charge is 0.246 e. The van der Waals surface area contributed by atoms with E-state index in [1.54, 1.807) is 17.2 Å². The van der Waals surface area contributed by atoms with Crippen LogP contribution in [0.5, 0.6) is 0 Å². The Bertz CT molecular complexity index is 738. The predicted octanol–water partition coefficient (Wildman–Crippen LogP) is 1.12. The Balaban J connectivity index is 1.64. The van der Waals surface area contributed by atoms with Crippen molar-refractivity contribution in [2.45, 2.75) is 25.0 Å². The van der Waals surface area contributed by atoms with Crippen LogP contribution in [0.25, 0.3) is 6.08 Å². The van der Waals surface area contributed by atoms with Gasteiger partial charge in [0.2, 0.25) is 15.9 Å². The summed E-state index contributed by atoms with van der Waals surface area (Å²) < 4.78 is 32.3. The number of amides is 1. The summed E-state index contributed by atoms with van der Waals surface area (Å²) in [6, 6.07) is 0. The molecule has 3 heterocycles. The van der Waals surface area contributed by atoms with Gasteiger partial charge in [-0.1, -0.05) is 0 Å². The molecule has 1 aromatic rings. The van der Waals surface area contributed by atoms with Gasteiger partial charge in [-0.25, -0.2) is 13.4 Å². The van der Waals surface area contributed by atoms with E-state index < -0.39 is 15.3 Å². The summed E-state index contributed by atoms with van der Waals surface area (Å²) in [7, 11) is -3.39. The first kappa shape index (κ1) is 18.5. The fourth-order valence-electron chi connectivity index (χ4n) is 3.11. The van der Waals surface area contributed by atoms with Crippen molar-refractivity contribution in [3.8, 4) is 0 Å². The number of rotatable bonds is 4. The average molecular weight is 386 g/mol. The molecule has 138 valence electrons. The van der Waals surface area contributed by atoms with Crippen LogP contribution >= 0.6 is 11.3 Å². The van der Waals surface area contributed by atoms with Gasteiger partial charge in [0.15, 0.2) is 0 Å². The molecule has 1 aromatic heterocycles. The monoisotopic (exact) mass is 385 g/mol. The normalized spacial score (nSPS) is 23.2. The van der Waals surface area contributed by atoms with Crippen LogP contribution in [-0.2, 0) is 19.6 Å². The highest BCUT2D eigenvalue weighted by atomic mass is 32.2. The zero-order chi connectivity index (χ0) is 17.9. The molecule has 0 radical (unpaired) electrons. The molecule has 0 spiro atoms. The van der Waals surface area contributed by atoms with Crippen molar-refractivity contribution < 1.29 is 17.9 Å². The van der Waals surface area contributed by atoms with Crippen LogP contribution < -0.4 is 0 Å². The topological polar surface area (TPSA) is 79.8 Å². The van der Waals surface area contributed by atoms with Gasteiger partial charge in [-0.2, -0.15) is 4.31 Å². The number of ether oxygens (including phenoxy) is 1. The molecule has 0 bridgehead atoms. The molecular weight excluding hydrogens is 362 g/mol. The number of hydrogen-bond acceptors (Lipinski definition) is 6. The molecule has 2 aliphatic heterocycles. The number of likely N-dealkylation sites (tertiary alicyclic amines) is 1. The van der Waals surface area contributed by atoms with Crippen LogP contribution in [0.15, 0.2) is 12.3 Å². The van der Waals surface area contributed by atoms with Crippen LogP contribution in [0.3, 0.4) is 0 Å². The van der Waals surface area contributed by atoms with E-state index in [1.165, 1.54) is 21.7 Å². The Morgan fingerprint density at radius 2 is 2.12 bits per heavy atom. The quantitative estimate of drug-likeness (QED) is 0.726. The second-order valence-corrected chi connectivity index (χ2v) is 9.70. The largest absolute Gasteiger partial charge is 0.379 e. The third-order valence-electron chi connectivity index (χ3n) is 4.47. The van der Waals surface area contributed by atoms with Crippen LogP contribution in [0.2, 0.25) is 0 Å². The number of morpholine rings is 1. The van der Waals surface area contributed by atoms with E-state index in [9.17, 15) is 13.2 Å². The van der Waals surface area contributed by atoms with Gasteiger partial charge in [0.05, 0.1) is 23.5 Å². The lowest BCUT2D eigenvalue weighted by Crippen LogP contribution is -2.51. The highest BCUT2D eigenvalue weighted by Crippen LogP contribution is 2.22. The molecule has 3 rings (SSSR count). The van der Waals surface area contributed by atoms with Gasteiger partial charge in [-0.3, -0.25) is 4.79 Å². The highest BCUT2D eigenvalue weighted by molar-refractivity contribution is 7.89. The maximum atomic E-state index is 12.8. The predicted molar refractivity (Wildman–Crippen MR) is 96.8 cm³/mol. The minimum absolute atomic E-state index is 0.145. The first-order chi connectivity index (χ1) is 12.0. The molecule has 2 aliphatic rings. The SMILES string of the molecule is Cc1ncc(/C=C/C(=O)N2CCCC(S(=O)(=O)N3CCOCC3)C2)s1. The molecule has 1 unspecified atom stereocenters. The van der Waals surface area contributed by atoms with Crippen LogP contribution in [-0.4, -0.2) is 73.2 Å². The number of piperidine rings is 1. The number of hydrogen-bond donors (Lipinski definition) is 0. The maximum absolute atomic E-state index is 12.8. The van der Waals surface area contributed by atoms with Crippen LogP contribution in [0.1, 0.15) is 22.7 Å². The Morgan fingerprint density at radius 1 is 1.36 bits per heavy atom. The van der Waals surface area contributed by atoms with E-state index in [-0.39, 0.29) is 12.5 Å². The lowest BCUT2D eigenvalue weighted by Gasteiger charge is -2.36. The number of aryl methyl sites for hydroxylation is 1. The third kappa shape index (κ3) is 4.46. The first-order valence-corrected chi connectivity index (χ1v) is 10.7. The van der Waals surface area contributed by atoms with Gasteiger partial charge in [-0.15, -0.1) is 11.3 Å². The maximum Gasteiger partial charge on any atom is 0.246 e. The summed E-state index contributed by atoms with van der Waals surface area (Å²) in [5.41, 5.74) is 0. The van der Waals surface area contributed by atoms with Crippen molar-refractivity contribution in [2.75, 3.05) is 39.4 Å². The molecule has 7 nitrogen and oxygen atoms in total. The van der Waals surface area contributed by atoms with Crippen molar-refractivity contribution in [3.63, 3.8) is 0 Å². The van der Waals surface area contributed by atoms with E-state index in [2.05, 4.69) is 4.98 Å². The van der Waals surface area contributed by atoms with Crippen molar-refractivity contribution in [1.29, 1.82) is 0 Å². The number of carbonyl (C=O) groups excluding carboxylic acids is 1. The van der Waals surface area contributed by atoms with E-state index in [1.807, 2.05) is 6.92 Å². The first-order valence-electron chi connectivity index (χ1n) is 8.43. The number of aromatic nitrogens is 1. The molecule has 2 fully saturated rings. The molecule has 0 N–H and O–H groups in total. The van der Waals surface area contributed by atoms with Crippen molar-refractivity contribution in [2.24, 2.45) is 0 Å². The Hall–Kier alpha value is -1.29. The summed E-state index contributed by atoms with van der Waals surface area (Å²) in [5.74, 6) is -0.145. The number of thiazole rings is 1. The fourth-order valence-corrected chi connectivity index (χ4v) is 5.71. The second kappa shape index (κ2) is 7.94. The minimum Gasteiger partial charge on any atom is -0.379 e. The molecule has 0 aliphatic carbocycles. The standard InChI is InChI=1S/C16H23N3O4S2/c1-13-17-11-14(24-13)4-5-16(20)18-6-2-3-15(12-18)25(21,22)19-7-9-23-10-8-19/h4-5,11,15H,2-3,6-10,12H2,1H3/b5-4+. The van der Waals surface area contributed by atoms with Crippen LogP contribution in [0, 0.1) is 6.92 Å². The third-order valence-corrected chi connectivity index (χ3v) is 7.66. The van der Waals surface area contributed by atoms with Crippen molar-refractivity contribution in [1.82, 2.24) is 14.2 Å². The number of sulfonamides is 1. The van der Waals surface area contributed by atoms with Gasteiger partial charge >= 0.3 is 0 Å². The second-order valence-electron chi connectivity index (χ2n) is 6.22. The van der Waals surface area contributed by atoms with E-state index in [0.29, 0.717) is 45.7 Å². The van der Waals surface area contributed by atoms with Crippen LogP contribution in [0.4, 0.5) is 0 Å². The molecule has 25 heavy (non-hydrogen) atoms. The number of carbonyl (C=O) groups is 1. The Kier molecular flexibility index (Phi) is 5.88. The van der Waals surface area contributed by atoms with Crippen molar-refractivity contribution >= 4 is 33.3 Å². The summed E-state index contributed by atoms with van der Waals surface area (Å²) in [6.45, 7) is 4.44. The zero-order valence-electron chi connectivity index (χ0n) is 14.3. The minimum atomic E-state index is -3.39. The lowest BCUT2D eigenvalue weighted by atomic mass is 10.1.